The molecule has 4 rings (SSSR count). The van der Waals surface area contributed by atoms with Gasteiger partial charge in [-0.1, -0.05) is 25.4 Å². The van der Waals surface area contributed by atoms with Gasteiger partial charge in [-0.2, -0.15) is 5.21 Å². The number of benzene rings is 1. The van der Waals surface area contributed by atoms with Crippen LogP contribution >= 0.6 is 0 Å². The zero-order valence-corrected chi connectivity index (χ0v) is 16.1. The van der Waals surface area contributed by atoms with Crippen LogP contribution in [0.25, 0.3) is 11.0 Å². The molecule has 0 aliphatic heterocycles. The molecule has 9 heteroatoms. The monoisotopic (exact) mass is 385 g/mol. The van der Waals surface area contributed by atoms with Crippen molar-refractivity contribution >= 4 is 22.8 Å². The first-order valence-corrected chi connectivity index (χ1v) is 9.37. The van der Waals surface area contributed by atoms with Gasteiger partial charge in [0.1, 0.15) is 17.4 Å². The summed E-state index contributed by atoms with van der Waals surface area (Å²) in [7, 11) is 1.59. The molecule has 2 heterocycles. The molecule has 1 aromatic carbocycles. The number of nitrogens with one attached hydrogen (secondary N) is 2. The van der Waals surface area contributed by atoms with Gasteiger partial charge in [0.05, 0.1) is 12.5 Å². The number of ether oxygens (including phenoxy) is 2. The van der Waals surface area contributed by atoms with E-state index >= 15 is 0 Å². The number of furan rings is 1. The lowest BCUT2D eigenvalue weighted by Gasteiger charge is -2.32. The van der Waals surface area contributed by atoms with Crippen LogP contribution in [-0.4, -0.2) is 39.7 Å². The van der Waals surface area contributed by atoms with Gasteiger partial charge in [-0.15, -0.1) is 5.10 Å². The van der Waals surface area contributed by atoms with Gasteiger partial charge in [0.2, 0.25) is 5.76 Å². The minimum atomic E-state index is -0.497. The molecule has 2 aromatic heterocycles. The summed E-state index contributed by atoms with van der Waals surface area (Å²) in [5.41, 5.74) is 0.547. The van der Waals surface area contributed by atoms with E-state index < -0.39 is 5.91 Å². The maximum absolute atomic E-state index is 12.8. The maximum atomic E-state index is 12.8. The zero-order chi connectivity index (χ0) is 19.7. The molecule has 0 bridgehead atoms. The van der Waals surface area contributed by atoms with Crippen molar-refractivity contribution in [2.24, 2.45) is 11.8 Å². The van der Waals surface area contributed by atoms with Crippen LogP contribution in [0.2, 0.25) is 0 Å². The number of tetrazole rings is 1. The van der Waals surface area contributed by atoms with Gasteiger partial charge in [0.15, 0.2) is 5.75 Å². The Morgan fingerprint density at radius 3 is 2.93 bits per heavy atom. The number of aromatic amines is 1. The standard InChI is InChI=1S/C19H23N5O4/c1-10-4-5-11(2)15(8-10)28-16-13-9-12(26-3)6-7-14(13)27-17(16)18(25)20-19-21-23-24-22-19/h6-7,9-11,15H,4-5,8H2,1-3H3,(H2,20,21,22,23,24,25). The van der Waals surface area contributed by atoms with E-state index in [0.717, 1.165) is 12.8 Å². The first-order chi connectivity index (χ1) is 13.5. The van der Waals surface area contributed by atoms with Crippen LogP contribution in [0.5, 0.6) is 11.5 Å². The van der Waals surface area contributed by atoms with Crippen molar-refractivity contribution in [3.63, 3.8) is 0 Å². The smallest absolute Gasteiger partial charge is 0.297 e. The highest BCUT2D eigenvalue weighted by Crippen LogP contribution is 2.39. The molecule has 1 aliphatic carbocycles. The summed E-state index contributed by atoms with van der Waals surface area (Å²) in [6.07, 6.45) is 3.22. The Morgan fingerprint density at radius 1 is 1.32 bits per heavy atom. The number of nitrogens with zero attached hydrogens (tertiary/aromatic N) is 3. The molecular formula is C19H23N5O4. The number of carbonyl (C=O) groups is 1. The molecule has 1 amide bonds. The van der Waals surface area contributed by atoms with E-state index in [1.54, 1.807) is 19.2 Å². The summed E-state index contributed by atoms with van der Waals surface area (Å²) < 4.78 is 17.6. The molecule has 3 atom stereocenters. The van der Waals surface area contributed by atoms with Crippen LogP contribution in [0.15, 0.2) is 22.6 Å². The number of methoxy groups -OCH3 is 1. The zero-order valence-electron chi connectivity index (χ0n) is 16.1. The lowest BCUT2D eigenvalue weighted by molar-refractivity contribution is 0.0765. The van der Waals surface area contributed by atoms with E-state index in [-0.39, 0.29) is 17.8 Å². The van der Waals surface area contributed by atoms with Crippen molar-refractivity contribution in [2.45, 2.75) is 39.2 Å². The molecule has 28 heavy (non-hydrogen) atoms. The molecular weight excluding hydrogens is 362 g/mol. The Labute approximate surface area is 161 Å². The summed E-state index contributed by atoms with van der Waals surface area (Å²) in [6, 6.07) is 5.36. The van der Waals surface area contributed by atoms with Crippen molar-refractivity contribution in [1.29, 1.82) is 0 Å². The van der Waals surface area contributed by atoms with Crippen LogP contribution < -0.4 is 14.8 Å². The fourth-order valence-corrected chi connectivity index (χ4v) is 3.62. The van der Waals surface area contributed by atoms with E-state index in [4.69, 9.17) is 13.9 Å². The van der Waals surface area contributed by atoms with Crippen LogP contribution in [0, 0.1) is 11.8 Å². The molecule has 0 radical (unpaired) electrons. The summed E-state index contributed by atoms with van der Waals surface area (Å²) in [5.74, 6) is 1.69. The van der Waals surface area contributed by atoms with Gasteiger partial charge in [-0.3, -0.25) is 10.1 Å². The molecule has 9 nitrogen and oxygen atoms in total. The van der Waals surface area contributed by atoms with Gasteiger partial charge < -0.3 is 13.9 Å². The molecule has 1 aliphatic rings. The fourth-order valence-electron chi connectivity index (χ4n) is 3.62. The lowest BCUT2D eigenvalue weighted by Crippen LogP contribution is -2.32. The van der Waals surface area contributed by atoms with Gasteiger partial charge in [0.25, 0.3) is 11.9 Å². The third-order valence-corrected chi connectivity index (χ3v) is 5.28. The Hall–Kier alpha value is -3.10. The second-order valence-corrected chi connectivity index (χ2v) is 7.36. The largest absolute Gasteiger partial charge is 0.497 e. The minimum Gasteiger partial charge on any atom is -0.497 e. The second-order valence-electron chi connectivity index (χ2n) is 7.36. The Morgan fingerprint density at radius 2 is 2.18 bits per heavy atom. The van der Waals surface area contributed by atoms with E-state index in [0.29, 0.717) is 34.3 Å². The number of anilines is 1. The molecule has 0 spiro atoms. The van der Waals surface area contributed by atoms with Crippen molar-refractivity contribution < 1.29 is 18.7 Å². The number of aromatic nitrogens is 4. The molecule has 1 saturated carbocycles. The fraction of sp³-hybridized carbons (Fsp3) is 0.474. The van der Waals surface area contributed by atoms with Gasteiger partial charge in [-0.05, 0) is 48.1 Å². The van der Waals surface area contributed by atoms with Crippen LogP contribution in [0.3, 0.4) is 0 Å². The summed E-state index contributed by atoms with van der Waals surface area (Å²) >= 11 is 0. The lowest BCUT2D eigenvalue weighted by atomic mass is 9.81. The molecule has 148 valence electrons. The highest BCUT2D eigenvalue weighted by molar-refractivity contribution is 6.07. The third-order valence-electron chi connectivity index (χ3n) is 5.28. The van der Waals surface area contributed by atoms with E-state index in [9.17, 15) is 4.79 Å². The Bertz CT molecular complexity index is 968. The third kappa shape index (κ3) is 3.51. The highest BCUT2D eigenvalue weighted by atomic mass is 16.5. The number of fused-ring (bicyclic) bond motifs is 1. The van der Waals surface area contributed by atoms with Crippen LogP contribution in [0.4, 0.5) is 5.95 Å². The van der Waals surface area contributed by atoms with Crippen LogP contribution in [-0.2, 0) is 0 Å². The maximum Gasteiger partial charge on any atom is 0.297 e. The second kappa shape index (κ2) is 7.49. The number of hydrogen-bond acceptors (Lipinski definition) is 7. The predicted octanol–water partition coefficient (Wildman–Crippen LogP) is 3.41. The molecule has 3 unspecified atom stereocenters. The van der Waals surface area contributed by atoms with Crippen molar-refractivity contribution in [3.05, 3.63) is 24.0 Å². The number of rotatable bonds is 5. The predicted molar refractivity (Wildman–Crippen MR) is 101 cm³/mol. The SMILES string of the molecule is COc1ccc2oc(C(=O)Nc3nn[nH]n3)c(OC3CC(C)CCC3C)c2c1. The van der Waals surface area contributed by atoms with Crippen molar-refractivity contribution in [1.82, 2.24) is 20.6 Å². The number of hydrogen-bond donors (Lipinski definition) is 2. The average Bonchev–Trinajstić information content (AvgIpc) is 3.32. The molecule has 3 aromatic rings. The topological polar surface area (TPSA) is 115 Å². The average molecular weight is 385 g/mol. The van der Waals surface area contributed by atoms with Gasteiger partial charge >= 0.3 is 0 Å². The molecule has 0 saturated heterocycles. The van der Waals surface area contributed by atoms with E-state index in [1.807, 2.05) is 6.07 Å². The van der Waals surface area contributed by atoms with E-state index in [2.05, 4.69) is 39.8 Å². The Kier molecular flexibility index (Phi) is 4.89. The number of carbonyl (C=O) groups excluding carboxylic acids is 1. The Balaban J connectivity index is 1.73. The normalized spacial score (nSPS) is 22.2. The van der Waals surface area contributed by atoms with Gasteiger partial charge in [0, 0.05) is 0 Å². The summed E-state index contributed by atoms with van der Waals surface area (Å²) in [4.78, 5) is 12.8. The highest BCUT2D eigenvalue weighted by Gasteiger charge is 2.31. The van der Waals surface area contributed by atoms with Crippen LogP contribution in [0.1, 0.15) is 43.7 Å². The minimum absolute atomic E-state index is 0.00692. The summed E-state index contributed by atoms with van der Waals surface area (Å²) in [5, 5.41) is 16.5. The first kappa shape index (κ1) is 18.3. The van der Waals surface area contributed by atoms with Crippen molar-refractivity contribution in [3.8, 4) is 11.5 Å². The van der Waals surface area contributed by atoms with Crippen molar-refractivity contribution in [2.75, 3.05) is 12.4 Å². The number of H-pyrrole nitrogens is 1. The molecule has 2 N–H and O–H groups in total. The van der Waals surface area contributed by atoms with Gasteiger partial charge in [-0.25, -0.2) is 0 Å². The number of amides is 1. The first-order valence-electron chi connectivity index (χ1n) is 9.37. The summed E-state index contributed by atoms with van der Waals surface area (Å²) in [6.45, 7) is 4.40. The quantitative estimate of drug-likeness (QED) is 0.691. The van der Waals surface area contributed by atoms with E-state index in [1.165, 1.54) is 6.42 Å². The molecule has 1 fully saturated rings.